The van der Waals surface area contributed by atoms with Crippen LogP contribution in [-0.4, -0.2) is 20.2 Å². The summed E-state index contributed by atoms with van der Waals surface area (Å²) in [5.74, 6) is 0.309. The van der Waals surface area contributed by atoms with Crippen LogP contribution in [0.2, 0.25) is 0 Å². The van der Waals surface area contributed by atoms with Gasteiger partial charge in [0.05, 0.1) is 17.1 Å². The Balaban J connectivity index is 2.10. The van der Waals surface area contributed by atoms with Gasteiger partial charge in [0.2, 0.25) is 10.0 Å². The predicted molar refractivity (Wildman–Crippen MR) is 94.5 cm³/mol. The van der Waals surface area contributed by atoms with E-state index in [0.717, 1.165) is 17.5 Å². The Morgan fingerprint density at radius 3 is 2.32 bits per heavy atom. The van der Waals surface area contributed by atoms with E-state index in [1.54, 1.807) is 12.1 Å². The SMILES string of the molecule is CCCOc1onc(-c2ccccc2)c1-c1ccc(S(N)(=O)=O)cc1. The van der Waals surface area contributed by atoms with Crippen molar-refractivity contribution in [3.63, 3.8) is 0 Å². The lowest BCUT2D eigenvalue weighted by Crippen LogP contribution is -2.11. The zero-order valence-electron chi connectivity index (χ0n) is 13.7. The highest BCUT2D eigenvalue weighted by molar-refractivity contribution is 7.89. The number of rotatable bonds is 6. The molecule has 3 rings (SSSR count). The second-order valence-electron chi connectivity index (χ2n) is 5.48. The molecule has 0 amide bonds. The van der Waals surface area contributed by atoms with E-state index in [9.17, 15) is 8.42 Å². The third-order valence-corrected chi connectivity index (χ3v) is 4.55. The monoisotopic (exact) mass is 358 g/mol. The average molecular weight is 358 g/mol. The van der Waals surface area contributed by atoms with Crippen molar-refractivity contribution in [3.8, 4) is 28.3 Å². The lowest BCUT2D eigenvalue weighted by molar-refractivity contribution is 0.216. The van der Waals surface area contributed by atoms with Gasteiger partial charge in [0.25, 0.3) is 0 Å². The van der Waals surface area contributed by atoms with Gasteiger partial charge in [-0.2, -0.15) is 0 Å². The first-order valence-electron chi connectivity index (χ1n) is 7.82. The first-order valence-corrected chi connectivity index (χ1v) is 9.36. The molecule has 0 unspecified atom stereocenters. The Bertz CT molecular complexity index is 949. The molecule has 0 bridgehead atoms. The summed E-state index contributed by atoms with van der Waals surface area (Å²) >= 11 is 0. The molecule has 0 aliphatic heterocycles. The molecule has 25 heavy (non-hydrogen) atoms. The number of primary sulfonamides is 1. The van der Waals surface area contributed by atoms with Gasteiger partial charge in [0, 0.05) is 5.56 Å². The van der Waals surface area contributed by atoms with Gasteiger partial charge in [-0.15, -0.1) is 0 Å². The topological polar surface area (TPSA) is 95.4 Å². The first kappa shape index (κ1) is 17.2. The molecule has 3 aromatic rings. The van der Waals surface area contributed by atoms with Gasteiger partial charge >= 0.3 is 5.95 Å². The largest absolute Gasteiger partial charge is 0.463 e. The number of nitrogens with zero attached hydrogens (tertiary/aromatic N) is 1. The Morgan fingerprint density at radius 2 is 1.72 bits per heavy atom. The summed E-state index contributed by atoms with van der Waals surface area (Å²) in [5, 5.41) is 9.30. The number of ether oxygens (including phenoxy) is 1. The van der Waals surface area contributed by atoms with Gasteiger partial charge in [-0.3, -0.25) is 0 Å². The molecule has 0 aliphatic carbocycles. The highest BCUT2D eigenvalue weighted by atomic mass is 32.2. The third kappa shape index (κ3) is 3.72. The van der Waals surface area contributed by atoms with Crippen LogP contribution in [0.25, 0.3) is 22.4 Å². The van der Waals surface area contributed by atoms with Crippen molar-refractivity contribution in [2.75, 3.05) is 6.61 Å². The highest BCUT2D eigenvalue weighted by Crippen LogP contribution is 2.39. The van der Waals surface area contributed by atoms with Crippen molar-refractivity contribution in [2.24, 2.45) is 5.14 Å². The summed E-state index contributed by atoms with van der Waals surface area (Å²) in [6.45, 7) is 2.49. The maximum absolute atomic E-state index is 11.4. The molecule has 2 N–H and O–H groups in total. The van der Waals surface area contributed by atoms with Crippen LogP contribution in [0.15, 0.2) is 64.0 Å². The zero-order valence-corrected chi connectivity index (χ0v) is 14.5. The molecule has 1 aromatic heterocycles. The van der Waals surface area contributed by atoms with Crippen molar-refractivity contribution < 1.29 is 17.7 Å². The van der Waals surface area contributed by atoms with E-state index in [2.05, 4.69) is 5.16 Å². The van der Waals surface area contributed by atoms with Gasteiger partial charge in [0.1, 0.15) is 5.69 Å². The Labute approximate surface area is 146 Å². The van der Waals surface area contributed by atoms with E-state index in [1.807, 2.05) is 37.3 Å². The maximum Gasteiger partial charge on any atom is 0.319 e. The minimum atomic E-state index is -3.75. The van der Waals surface area contributed by atoms with Gasteiger partial charge in [-0.1, -0.05) is 54.5 Å². The molecule has 0 radical (unpaired) electrons. The number of hydrogen-bond acceptors (Lipinski definition) is 5. The molecule has 0 spiro atoms. The Morgan fingerprint density at radius 1 is 1.04 bits per heavy atom. The second-order valence-corrected chi connectivity index (χ2v) is 7.04. The molecule has 2 aromatic carbocycles. The summed E-state index contributed by atoms with van der Waals surface area (Å²) in [5.41, 5.74) is 2.93. The van der Waals surface area contributed by atoms with Crippen molar-refractivity contribution in [2.45, 2.75) is 18.2 Å². The molecule has 0 aliphatic rings. The fraction of sp³-hybridized carbons (Fsp3) is 0.167. The van der Waals surface area contributed by atoms with Crippen LogP contribution in [0.4, 0.5) is 0 Å². The number of hydrogen-bond donors (Lipinski definition) is 1. The minimum Gasteiger partial charge on any atom is -0.463 e. The molecule has 0 fully saturated rings. The zero-order chi connectivity index (χ0) is 17.9. The van der Waals surface area contributed by atoms with Crippen LogP contribution in [0.1, 0.15) is 13.3 Å². The van der Waals surface area contributed by atoms with Crippen LogP contribution in [0, 0.1) is 0 Å². The second kappa shape index (κ2) is 7.08. The van der Waals surface area contributed by atoms with Crippen molar-refractivity contribution in [1.82, 2.24) is 5.16 Å². The number of benzene rings is 2. The summed E-state index contributed by atoms with van der Waals surface area (Å²) in [6.07, 6.45) is 0.825. The van der Waals surface area contributed by atoms with Crippen LogP contribution >= 0.6 is 0 Å². The smallest absolute Gasteiger partial charge is 0.319 e. The quantitative estimate of drug-likeness (QED) is 0.728. The summed E-state index contributed by atoms with van der Waals surface area (Å²) in [4.78, 5) is 0.0463. The molecule has 6 nitrogen and oxygen atoms in total. The molecule has 1 heterocycles. The molecular formula is C18H18N2O4S. The average Bonchev–Trinajstić information content (AvgIpc) is 3.04. The van der Waals surface area contributed by atoms with Gasteiger partial charge in [-0.25, -0.2) is 13.6 Å². The molecule has 0 saturated heterocycles. The third-order valence-electron chi connectivity index (χ3n) is 3.62. The normalized spacial score (nSPS) is 11.4. The molecule has 7 heteroatoms. The summed E-state index contributed by atoms with van der Waals surface area (Å²) < 4.78 is 34.0. The first-order chi connectivity index (χ1) is 12.0. The van der Waals surface area contributed by atoms with E-state index in [-0.39, 0.29) is 4.90 Å². The van der Waals surface area contributed by atoms with E-state index in [1.165, 1.54) is 12.1 Å². The Kier molecular flexibility index (Phi) is 4.87. The highest BCUT2D eigenvalue weighted by Gasteiger charge is 2.21. The van der Waals surface area contributed by atoms with E-state index in [4.69, 9.17) is 14.4 Å². The summed E-state index contributed by atoms with van der Waals surface area (Å²) in [6, 6.07) is 15.8. The van der Waals surface area contributed by atoms with Gasteiger partial charge in [0.15, 0.2) is 0 Å². The maximum atomic E-state index is 11.4. The van der Waals surface area contributed by atoms with E-state index < -0.39 is 10.0 Å². The fourth-order valence-electron chi connectivity index (χ4n) is 2.43. The standard InChI is InChI=1S/C18H18N2O4S/c1-2-12-23-18-16(13-8-10-15(11-9-13)25(19,21)22)17(20-24-18)14-6-4-3-5-7-14/h3-11H,2,12H2,1H3,(H2,19,21,22). The van der Waals surface area contributed by atoms with E-state index >= 15 is 0 Å². The van der Waals surface area contributed by atoms with E-state index in [0.29, 0.717) is 23.8 Å². The minimum absolute atomic E-state index is 0.0463. The molecular weight excluding hydrogens is 340 g/mol. The van der Waals surface area contributed by atoms with Crippen molar-refractivity contribution >= 4 is 10.0 Å². The lowest BCUT2D eigenvalue weighted by atomic mass is 10.0. The number of sulfonamides is 1. The van der Waals surface area contributed by atoms with Crippen LogP contribution in [0.5, 0.6) is 5.95 Å². The summed E-state index contributed by atoms with van der Waals surface area (Å²) in [7, 11) is -3.75. The lowest BCUT2D eigenvalue weighted by Gasteiger charge is -2.06. The fourth-order valence-corrected chi connectivity index (χ4v) is 2.94. The number of aromatic nitrogens is 1. The van der Waals surface area contributed by atoms with Crippen molar-refractivity contribution in [3.05, 3.63) is 54.6 Å². The number of nitrogens with two attached hydrogens (primary N) is 1. The van der Waals surface area contributed by atoms with Crippen LogP contribution in [-0.2, 0) is 10.0 Å². The van der Waals surface area contributed by atoms with Gasteiger partial charge < -0.3 is 9.26 Å². The van der Waals surface area contributed by atoms with Crippen molar-refractivity contribution in [1.29, 1.82) is 0 Å². The predicted octanol–water partition coefficient (Wildman–Crippen LogP) is 3.44. The molecule has 0 atom stereocenters. The Hall–Kier alpha value is -2.64. The van der Waals surface area contributed by atoms with Crippen LogP contribution in [0.3, 0.4) is 0 Å². The molecule has 0 saturated carbocycles. The van der Waals surface area contributed by atoms with Crippen LogP contribution < -0.4 is 9.88 Å². The molecule has 130 valence electrons. The van der Waals surface area contributed by atoms with Gasteiger partial charge in [-0.05, 0) is 24.1 Å².